The predicted octanol–water partition coefficient (Wildman–Crippen LogP) is 1.02. The van der Waals surface area contributed by atoms with Gasteiger partial charge in [-0.3, -0.25) is 0 Å². The molecule has 12 heavy (non-hydrogen) atoms. The molecule has 1 rings (SSSR count). The highest BCUT2D eigenvalue weighted by molar-refractivity contribution is 5.10. The SMILES string of the molecule is CC(C)n1cncc1C(O)C#N. The fourth-order valence-electron chi connectivity index (χ4n) is 1.02. The van der Waals surface area contributed by atoms with Crippen molar-refractivity contribution >= 4 is 0 Å². The Morgan fingerprint density at radius 1 is 1.67 bits per heavy atom. The van der Waals surface area contributed by atoms with Crippen molar-refractivity contribution in [2.24, 2.45) is 0 Å². The summed E-state index contributed by atoms with van der Waals surface area (Å²) in [5.74, 6) is 0. The molecule has 0 aromatic carbocycles. The fourth-order valence-corrected chi connectivity index (χ4v) is 1.02. The molecule has 0 aliphatic heterocycles. The monoisotopic (exact) mass is 165 g/mol. The van der Waals surface area contributed by atoms with Gasteiger partial charge in [-0.1, -0.05) is 0 Å². The first-order valence-corrected chi connectivity index (χ1v) is 3.76. The summed E-state index contributed by atoms with van der Waals surface area (Å²) in [5.41, 5.74) is 0.549. The Morgan fingerprint density at radius 2 is 2.33 bits per heavy atom. The summed E-state index contributed by atoms with van der Waals surface area (Å²) < 4.78 is 1.77. The molecule has 0 saturated carbocycles. The summed E-state index contributed by atoms with van der Waals surface area (Å²) in [5, 5.41) is 17.7. The minimum atomic E-state index is -1.07. The molecule has 1 unspecified atom stereocenters. The van der Waals surface area contributed by atoms with Crippen LogP contribution in [0.15, 0.2) is 12.5 Å². The van der Waals surface area contributed by atoms with Crippen molar-refractivity contribution in [1.29, 1.82) is 5.26 Å². The molecule has 1 N–H and O–H groups in total. The molecule has 1 heterocycles. The second-order valence-electron chi connectivity index (χ2n) is 2.85. The van der Waals surface area contributed by atoms with E-state index in [2.05, 4.69) is 4.98 Å². The first kappa shape index (κ1) is 8.75. The van der Waals surface area contributed by atoms with Crippen LogP contribution in [0.25, 0.3) is 0 Å². The van der Waals surface area contributed by atoms with E-state index >= 15 is 0 Å². The Balaban J connectivity index is 3.01. The van der Waals surface area contributed by atoms with E-state index in [-0.39, 0.29) is 6.04 Å². The lowest BCUT2D eigenvalue weighted by atomic mass is 10.2. The Morgan fingerprint density at radius 3 is 2.83 bits per heavy atom. The number of nitrogens with zero attached hydrogens (tertiary/aromatic N) is 3. The number of aromatic nitrogens is 2. The molecular weight excluding hydrogens is 154 g/mol. The third-order valence-electron chi connectivity index (χ3n) is 1.65. The first-order valence-electron chi connectivity index (χ1n) is 3.76. The normalized spacial score (nSPS) is 12.9. The van der Waals surface area contributed by atoms with E-state index in [1.165, 1.54) is 6.20 Å². The number of nitriles is 1. The maximum atomic E-state index is 9.23. The largest absolute Gasteiger partial charge is 0.373 e. The Kier molecular flexibility index (Phi) is 2.46. The number of aliphatic hydroxyl groups excluding tert-OH is 1. The van der Waals surface area contributed by atoms with Crippen molar-refractivity contribution in [3.63, 3.8) is 0 Å². The van der Waals surface area contributed by atoms with Crippen LogP contribution in [-0.2, 0) is 0 Å². The number of hydrogen-bond acceptors (Lipinski definition) is 3. The average molecular weight is 165 g/mol. The minimum absolute atomic E-state index is 0.213. The van der Waals surface area contributed by atoms with Gasteiger partial charge < -0.3 is 9.67 Å². The molecular formula is C8H11N3O. The van der Waals surface area contributed by atoms with Gasteiger partial charge in [0.15, 0.2) is 6.10 Å². The number of hydrogen-bond donors (Lipinski definition) is 1. The molecule has 1 aromatic heterocycles. The third kappa shape index (κ3) is 1.46. The number of rotatable bonds is 2. The average Bonchev–Trinajstić information content (AvgIpc) is 2.50. The van der Waals surface area contributed by atoms with Crippen LogP contribution < -0.4 is 0 Å². The highest BCUT2D eigenvalue weighted by Crippen LogP contribution is 2.15. The summed E-state index contributed by atoms with van der Waals surface area (Å²) in [7, 11) is 0. The van der Waals surface area contributed by atoms with Crippen molar-refractivity contribution in [3.8, 4) is 6.07 Å². The van der Waals surface area contributed by atoms with Crippen LogP contribution in [0.3, 0.4) is 0 Å². The van der Waals surface area contributed by atoms with Gasteiger partial charge in [0.1, 0.15) is 6.07 Å². The molecule has 0 saturated heterocycles. The summed E-state index contributed by atoms with van der Waals surface area (Å²) in [4.78, 5) is 3.86. The number of imidazole rings is 1. The molecule has 0 bridgehead atoms. The third-order valence-corrected chi connectivity index (χ3v) is 1.65. The van der Waals surface area contributed by atoms with Gasteiger partial charge in [-0.25, -0.2) is 4.98 Å². The van der Waals surface area contributed by atoms with Crippen molar-refractivity contribution in [3.05, 3.63) is 18.2 Å². The van der Waals surface area contributed by atoms with E-state index in [0.29, 0.717) is 5.69 Å². The van der Waals surface area contributed by atoms with E-state index in [1.807, 2.05) is 13.8 Å². The second-order valence-corrected chi connectivity index (χ2v) is 2.85. The molecule has 0 radical (unpaired) electrons. The van der Waals surface area contributed by atoms with Gasteiger partial charge >= 0.3 is 0 Å². The van der Waals surface area contributed by atoms with Crippen LogP contribution in [0, 0.1) is 11.3 Å². The van der Waals surface area contributed by atoms with Crippen LogP contribution in [0.2, 0.25) is 0 Å². The summed E-state index contributed by atoms with van der Waals surface area (Å²) in [6, 6.07) is 1.97. The Bertz CT molecular complexity index is 297. The summed E-state index contributed by atoms with van der Waals surface area (Å²) >= 11 is 0. The highest BCUT2D eigenvalue weighted by Gasteiger charge is 2.12. The van der Waals surface area contributed by atoms with Gasteiger partial charge in [-0.2, -0.15) is 5.26 Å². The molecule has 1 atom stereocenters. The minimum Gasteiger partial charge on any atom is -0.373 e. The van der Waals surface area contributed by atoms with E-state index in [0.717, 1.165) is 0 Å². The van der Waals surface area contributed by atoms with E-state index in [1.54, 1.807) is 17.0 Å². The van der Waals surface area contributed by atoms with E-state index in [4.69, 9.17) is 5.26 Å². The lowest BCUT2D eigenvalue weighted by Gasteiger charge is -2.11. The lowest BCUT2D eigenvalue weighted by molar-refractivity contribution is 0.223. The van der Waals surface area contributed by atoms with Gasteiger partial charge in [0.2, 0.25) is 0 Å². The Hall–Kier alpha value is -1.34. The summed E-state index contributed by atoms with van der Waals surface area (Å²) in [6.45, 7) is 3.94. The van der Waals surface area contributed by atoms with E-state index in [9.17, 15) is 5.11 Å². The van der Waals surface area contributed by atoms with Crippen LogP contribution in [0.1, 0.15) is 31.7 Å². The van der Waals surface area contributed by atoms with Crippen LogP contribution in [0.5, 0.6) is 0 Å². The Labute approximate surface area is 71.1 Å². The molecule has 4 heteroatoms. The predicted molar refractivity (Wildman–Crippen MR) is 43.2 cm³/mol. The highest BCUT2D eigenvalue weighted by atomic mass is 16.3. The second kappa shape index (κ2) is 3.37. The molecule has 0 amide bonds. The van der Waals surface area contributed by atoms with Gasteiger partial charge in [0.05, 0.1) is 18.2 Å². The topological polar surface area (TPSA) is 61.8 Å². The standard InChI is InChI=1S/C8H11N3O/c1-6(2)11-5-10-4-7(11)8(12)3-9/h4-6,8,12H,1-2H3. The molecule has 0 aliphatic carbocycles. The van der Waals surface area contributed by atoms with Crippen molar-refractivity contribution in [2.45, 2.75) is 26.0 Å². The lowest BCUT2D eigenvalue weighted by Crippen LogP contribution is -2.07. The maximum absolute atomic E-state index is 9.23. The molecule has 0 fully saturated rings. The fraction of sp³-hybridized carbons (Fsp3) is 0.500. The van der Waals surface area contributed by atoms with Crippen molar-refractivity contribution in [1.82, 2.24) is 9.55 Å². The molecule has 64 valence electrons. The van der Waals surface area contributed by atoms with Crippen LogP contribution in [-0.4, -0.2) is 14.7 Å². The zero-order chi connectivity index (χ0) is 9.14. The first-order chi connectivity index (χ1) is 5.66. The van der Waals surface area contributed by atoms with Crippen LogP contribution in [0.4, 0.5) is 0 Å². The molecule has 4 nitrogen and oxygen atoms in total. The number of aliphatic hydroxyl groups is 1. The summed E-state index contributed by atoms with van der Waals surface area (Å²) in [6.07, 6.45) is 2.05. The van der Waals surface area contributed by atoms with Crippen LogP contribution >= 0.6 is 0 Å². The van der Waals surface area contributed by atoms with Gasteiger partial charge in [0, 0.05) is 6.04 Å². The molecule has 0 aliphatic rings. The van der Waals surface area contributed by atoms with E-state index < -0.39 is 6.10 Å². The zero-order valence-corrected chi connectivity index (χ0v) is 7.10. The maximum Gasteiger partial charge on any atom is 0.182 e. The van der Waals surface area contributed by atoms with Crippen molar-refractivity contribution in [2.75, 3.05) is 0 Å². The zero-order valence-electron chi connectivity index (χ0n) is 7.10. The van der Waals surface area contributed by atoms with Gasteiger partial charge in [-0.15, -0.1) is 0 Å². The van der Waals surface area contributed by atoms with Crippen molar-refractivity contribution < 1.29 is 5.11 Å². The quantitative estimate of drug-likeness (QED) is 0.665. The molecule has 1 aromatic rings. The smallest absolute Gasteiger partial charge is 0.182 e. The molecule has 0 spiro atoms. The van der Waals surface area contributed by atoms with Gasteiger partial charge in [0.25, 0.3) is 0 Å². The van der Waals surface area contributed by atoms with Gasteiger partial charge in [-0.05, 0) is 13.8 Å².